The van der Waals surface area contributed by atoms with Gasteiger partial charge in [0.1, 0.15) is 23.0 Å². The van der Waals surface area contributed by atoms with E-state index < -0.39 is 21.7 Å². The van der Waals surface area contributed by atoms with Gasteiger partial charge < -0.3 is 18.9 Å². The van der Waals surface area contributed by atoms with Crippen molar-refractivity contribution in [2.24, 2.45) is 10.8 Å². The third-order valence-electron chi connectivity index (χ3n) is 8.10. The third-order valence-corrected chi connectivity index (χ3v) is 8.10. The Labute approximate surface area is 264 Å². The van der Waals surface area contributed by atoms with Gasteiger partial charge in [0.15, 0.2) is 5.78 Å². The molecule has 0 radical (unpaired) electrons. The van der Waals surface area contributed by atoms with E-state index in [0.29, 0.717) is 34.1 Å². The van der Waals surface area contributed by atoms with Crippen LogP contribution in [0.3, 0.4) is 0 Å². The molecule has 0 saturated carbocycles. The number of methoxy groups -OCH3 is 2. The molecule has 0 fully saturated rings. The maximum Gasteiger partial charge on any atom is 0.316 e. The highest BCUT2D eigenvalue weighted by atomic mass is 16.5. The largest absolute Gasteiger partial charge is 0.496 e. The molecule has 0 heterocycles. The van der Waals surface area contributed by atoms with E-state index in [9.17, 15) is 14.4 Å². The summed E-state index contributed by atoms with van der Waals surface area (Å²) in [4.78, 5) is 39.0. The smallest absolute Gasteiger partial charge is 0.316 e. The number of carbonyl (C=O) groups excluding carboxylic acids is 3. The van der Waals surface area contributed by atoms with Crippen molar-refractivity contribution < 1.29 is 33.3 Å². The Hall–Kier alpha value is -3.61. The van der Waals surface area contributed by atoms with E-state index >= 15 is 0 Å². The van der Waals surface area contributed by atoms with Gasteiger partial charge in [0.25, 0.3) is 0 Å². The van der Waals surface area contributed by atoms with Crippen LogP contribution in [-0.2, 0) is 20.4 Å². The molecule has 2 aromatic carbocycles. The molecule has 0 unspecified atom stereocenters. The van der Waals surface area contributed by atoms with Gasteiger partial charge in [-0.1, -0.05) is 41.5 Å². The summed E-state index contributed by atoms with van der Waals surface area (Å²) >= 11 is 0. The van der Waals surface area contributed by atoms with Crippen LogP contribution in [-0.4, -0.2) is 31.9 Å². The number of benzene rings is 2. The van der Waals surface area contributed by atoms with E-state index in [-0.39, 0.29) is 17.7 Å². The molecule has 0 aromatic heterocycles. The minimum atomic E-state index is -0.743. The van der Waals surface area contributed by atoms with Gasteiger partial charge in [-0.15, -0.1) is 0 Å². The number of hydrogen-bond acceptors (Lipinski definition) is 7. The summed E-state index contributed by atoms with van der Waals surface area (Å²) in [5.41, 5.74) is 0.188. The molecule has 242 valence electrons. The normalized spacial score (nSPS) is 12.7. The van der Waals surface area contributed by atoms with Crippen molar-refractivity contribution in [3.05, 3.63) is 52.6 Å². The fourth-order valence-corrected chi connectivity index (χ4v) is 4.41. The summed E-state index contributed by atoms with van der Waals surface area (Å²) in [6.45, 7) is 23.3. The van der Waals surface area contributed by atoms with Crippen LogP contribution < -0.4 is 18.9 Å². The van der Waals surface area contributed by atoms with Crippen LogP contribution >= 0.6 is 0 Å². The van der Waals surface area contributed by atoms with Gasteiger partial charge in [-0.2, -0.15) is 0 Å². The Morgan fingerprint density at radius 3 is 1.41 bits per heavy atom. The Morgan fingerprint density at radius 1 is 0.636 bits per heavy atom. The monoisotopic (exact) mass is 608 g/mol. The Kier molecular flexibility index (Phi) is 11.3. The standard InChI is InChI=1S/C37H52O7/c1-15-36(9,10)27-29(41-13)25(21-22-26(38)23-17-19-24(20-18-23)43-32(39)34(3,4)5)30(42-14)28(37(11,12)16-2)31(27)44-33(40)35(6,7)8/h17-22H,15-16H2,1-14H3. The molecule has 0 bridgehead atoms. The Balaban J connectivity index is 2.82. The van der Waals surface area contributed by atoms with Crippen LogP contribution in [0, 0.1) is 10.8 Å². The second-order valence-electron chi connectivity index (χ2n) is 14.5. The van der Waals surface area contributed by atoms with Gasteiger partial charge in [0, 0.05) is 16.7 Å². The van der Waals surface area contributed by atoms with Crippen molar-refractivity contribution in [1.29, 1.82) is 0 Å². The zero-order valence-corrected chi connectivity index (χ0v) is 29.2. The highest BCUT2D eigenvalue weighted by Crippen LogP contribution is 2.54. The average molecular weight is 609 g/mol. The second-order valence-corrected chi connectivity index (χ2v) is 14.5. The lowest BCUT2D eigenvalue weighted by Gasteiger charge is -2.36. The van der Waals surface area contributed by atoms with Gasteiger partial charge in [-0.3, -0.25) is 14.4 Å². The molecule has 0 N–H and O–H groups in total. The quantitative estimate of drug-likeness (QED) is 0.109. The molecule has 0 aliphatic carbocycles. The number of esters is 2. The lowest BCUT2D eigenvalue weighted by Crippen LogP contribution is -2.31. The lowest BCUT2D eigenvalue weighted by molar-refractivity contribution is -0.143. The molecule has 2 aromatic rings. The molecule has 0 aliphatic rings. The van der Waals surface area contributed by atoms with Crippen LogP contribution in [0.25, 0.3) is 6.08 Å². The molecular weight excluding hydrogens is 556 g/mol. The predicted octanol–water partition coefficient (Wildman–Crippen LogP) is 8.88. The summed E-state index contributed by atoms with van der Waals surface area (Å²) < 4.78 is 23.8. The number of ketones is 1. The topological polar surface area (TPSA) is 88.1 Å². The Bertz CT molecular complexity index is 1350. The summed E-state index contributed by atoms with van der Waals surface area (Å²) in [6, 6.07) is 6.46. The van der Waals surface area contributed by atoms with Crippen molar-refractivity contribution in [3.8, 4) is 23.0 Å². The van der Waals surface area contributed by atoms with E-state index in [1.165, 1.54) is 6.08 Å². The number of carbonyl (C=O) groups is 3. The maximum atomic E-state index is 13.4. The van der Waals surface area contributed by atoms with E-state index in [2.05, 4.69) is 41.5 Å². The summed E-state index contributed by atoms with van der Waals surface area (Å²) in [5.74, 6) is 0.804. The fraction of sp³-hybridized carbons (Fsp3) is 0.541. The van der Waals surface area contributed by atoms with Gasteiger partial charge in [-0.25, -0.2) is 0 Å². The van der Waals surface area contributed by atoms with Crippen LogP contribution in [0.1, 0.15) is 123 Å². The summed E-state index contributed by atoms with van der Waals surface area (Å²) in [6.07, 6.45) is 4.64. The van der Waals surface area contributed by atoms with Crippen LogP contribution in [0.4, 0.5) is 0 Å². The molecular formula is C37H52O7. The molecule has 0 spiro atoms. The summed E-state index contributed by atoms with van der Waals surface area (Å²) in [5, 5.41) is 0. The van der Waals surface area contributed by atoms with Gasteiger partial charge in [0.2, 0.25) is 0 Å². The van der Waals surface area contributed by atoms with E-state index in [1.807, 2.05) is 20.8 Å². The lowest BCUT2D eigenvalue weighted by atomic mass is 9.73. The highest BCUT2D eigenvalue weighted by molar-refractivity contribution is 6.07. The molecule has 7 nitrogen and oxygen atoms in total. The first kappa shape index (κ1) is 36.6. The summed E-state index contributed by atoms with van der Waals surface area (Å²) in [7, 11) is 3.14. The van der Waals surface area contributed by atoms with Gasteiger partial charge >= 0.3 is 11.9 Å². The van der Waals surface area contributed by atoms with E-state index in [4.69, 9.17) is 18.9 Å². The van der Waals surface area contributed by atoms with Crippen LogP contribution in [0.2, 0.25) is 0 Å². The first-order valence-electron chi connectivity index (χ1n) is 15.3. The maximum absolute atomic E-state index is 13.4. The van der Waals surface area contributed by atoms with Crippen LogP contribution in [0.5, 0.6) is 23.0 Å². The van der Waals surface area contributed by atoms with Crippen molar-refractivity contribution in [2.75, 3.05) is 14.2 Å². The van der Waals surface area contributed by atoms with E-state index in [0.717, 1.165) is 24.0 Å². The predicted molar refractivity (Wildman–Crippen MR) is 176 cm³/mol. The zero-order valence-electron chi connectivity index (χ0n) is 29.2. The fourth-order valence-electron chi connectivity index (χ4n) is 4.41. The number of hydrogen-bond donors (Lipinski definition) is 0. The SMILES string of the molecule is CCC(C)(C)c1c(OC)c(C=CC(=O)c2ccc(OC(=O)C(C)(C)C)cc2)c(OC)c(C(C)(C)CC)c1OC(=O)C(C)(C)C. The number of ether oxygens (including phenoxy) is 4. The minimum absolute atomic E-state index is 0.251. The highest BCUT2D eigenvalue weighted by Gasteiger charge is 2.40. The molecule has 0 atom stereocenters. The van der Waals surface area contributed by atoms with E-state index in [1.54, 1.807) is 65.3 Å². The number of allylic oxidation sites excluding steroid dienone is 1. The Morgan fingerprint density at radius 2 is 1.05 bits per heavy atom. The molecule has 44 heavy (non-hydrogen) atoms. The molecule has 0 saturated heterocycles. The molecule has 0 amide bonds. The van der Waals surface area contributed by atoms with Gasteiger partial charge in [-0.05, 0) is 102 Å². The van der Waals surface area contributed by atoms with Crippen molar-refractivity contribution >= 4 is 23.8 Å². The zero-order chi connectivity index (χ0) is 33.8. The number of rotatable bonds is 11. The van der Waals surface area contributed by atoms with Crippen LogP contribution in [0.15, 0.2) is 30.3 Å². The minimum Gasteiger partial charge on any atom is -0.496 e. The van der Waals surface area contributed by atoms with Crippen molar-refractivity contribution in [3.63, 3.8) is 0 Å². The third kappa shape index (κ3) is 8.10. The first-order valence-corrected chi connectivity index (χ1v) is 15.3. The van der Waals surface area contributed by atoms with Crippen molar-refractivity contribution in [2.45, 2.75) is 107 Å². The second kappa shape index (κ2) is 13.6. The van der Waals surface area contributed by atoms with Gasteiger partial charge in [0.05, 0.1) is 30.6 Å². The van der Waals surface area contributed by atoms with Crippen molar-refractivity contribution in [1.82, 2.24) is 0 Å². The molecule has 7 heteroatoms. The molecule has 0 aliphatic heterocycles. The first-order chi connectivity index (χ1) is 20.2. The average Bonchev–Trinajstić information content (AvgIpc) is 2.94. The molecule has 2 rings (SSSR count).